The smallest absolute Gasteiger partial charge is 0.230 e. The number of rotatable bonds is 9. The van der Waals surface area contributed by atoms with E-state index < -0.39 is 0 Å². The average molecular weight is 442 g/mol. The molecule has 1 N–H and O–H groups in total. The zero-order valence-corrected chi connectivity index (χ0v) is 19.4. The van der Waals surface area contributed by atoms with Crippen molar-refractivity contribution < 1.29 is 9.59 Å². The van der Waals surface area contributed by atoms with E-state index in [1.807, 2.05) is 4.90 Å². The lowest BCUT2D eigenvalue weighted by Crippen LogP contribution is -2.54. The third kappa shape index (κ3) is 7.66. The van der Waals surface area contributed by atoms with Gasteiger partial charge in [0.25, 0.3) is 0 Å². The van der Waals surface area contributed by atoms with Crippen molar-refractivity contribution in [2.45, 2.75) is 58.2 Å². The fourth-order valence-corrected chi connectivity index (χ4v) is 4.03. The highest BCUT2D eigenvalue weighted by Gasteiger charge is 2.28. The molecular weight excluding hydrogens is 410 g/mol. The fourth-order valence-electron chi connectivity index (χ4n) is 3.12. The quantitative estimate of drug-likeness (QED) is 0.360. The van der Waals surface area contributed by atoms with E-state index >= 15 is 0 Å². The number of unbranched alkanes of at least 4 members (excludes halogenated alkanes) is 1. The Labute approximate surface area is 183 Å². The molecule has 0 aliphatic carbocycles. The number of aromatic nitrogens is 2. The van der Waals surface area contributed by atoms with Crippen LogP contribution >= 0.6 is 23.4 Å². The van der Waals surface area contributed by atoms with Crippen molar-refractivity contribution in [2.75, 3.05) is 36.8 Å². The predicted octanol–water partition coefficient (Wildman–Crippen LogP) is 3.22. The summed E-state index contributed by atoms with van der Waals surface area (Å²) in [5.74, 6) is 1.59. The maximum absolute atomic E-state index is 12.4. The molecule has 1 aliphatic rings. The first-order valence-corrected chi connectivity index (χ1v) is 11.6. The standard InChI is InChI=1S/C20H32ClN5O2S/c1-5-6-7-19(28)26-9-8-25(12-15(26)4)17-10-16(21)23-20(24-17)29-13-18(27)22-11-14(2)3/h10,14-15H,5-9,11-13H2,1-4H3,(H,22,27). The van der Waals surface area contributed by atoms with Gasteiger partial charge in [0.1, 0.15) is 11.0 Å². The lowest BCUT2D eigenvalue weighted by molar-refractivity contribution is -0.133. The molecule has 1 atom stereocenters. The molecule has 1 aromatic rings. The highest BCUT2D eigenvalue weighted by atomic mass is 35.5. The first-order valence-electron chi connectivity index (χ1n) is 10.3. The van der Waals surface area contributed by atoms with Crippen molar-refractivity contribution in [3.8, 4) is 0 Å². The summed E-state index contributed by atoms with van der Waals surface area (Å²) in [5, 5.41) is 3.73. The van der Waals surface area contributed by atoms with E-state index in [2.05, 4.69) is 47.9 Å². The molecule has 0 saturated carbocycles. The SMILES string of the molecule is CCCCC(=O)N1CCN(c2cc(Cl)nc(SCC(=O)NCC(C)C)n2)CC1C. The Balaban J connectivity index is 1.96. The van der Waals surface area contributed by atoms with E-state index in [0.717, 1.165) is 18.7 Å². The first kappa shape index (κ1) is 23.7. The van der Waals surface area contributed by atoms with Crippen LogP contribution < -0.4 is 10.2 Å². The van der Waals surface area contributed by atoms with Gasteiger partial charge in [0.05, 0.1) is 5.75 Å². The number of anilines is 1. The number of hydrogen-bond acceptors (Lipinski definition) is 6. The van der Waals surface area contributed by atoms with Crippen LogP contribution in [0.3, 0.4) is 0 Å². The number of hydrogen-bond donors (Lipinski definition) is 1. The molecule has 0 spiro atoms. The molecule has 7 nitrogen and oxygen atoms in total. The lowest BCUT2D eigenvalue weighted by atomic mass is 10.1. The van der Waals surface area contributed by atoms with Gasteiger partial charge in [-0.15, -0.1) is 0 Å². The Hall–Kier alpha value is -1.54. The van der Waals surface area contributed by atoms with Crippen molar-refractivity contribution in [1.29, 1.82) is 0 Å². The highest BCUT2D eigenvalue weighted by Crippen LogP contribution is 2.24. The molecule has 0 aromatic carbocycles. The minimum atomic E-state index is -0.0401. The lowest BCUT2D eigenvalue weighted by Gasteiger charge is -2.40. The van der Waals surface area contributed by atoms with Crippen LogP contribution in [0.4, 0.5) is 5.82 Å². The van der Waals surface area contributed by atoms with Gasteiger partial charge in [-0.1, -0.05) is 50.6 Å². The van der Waals surface area contributed by atoms with Crippen molar-refractivity contribution >= 4 is 41.0 Å². The summed E-state index contributed by atoms with van der Waals surface area (Å²) in [7, 11) is 0. The Morgan fingerprint density at radius 1 is 1.34 bits per heavy atom. The minimum absolute atomic E-state index is 0.0401. The molecule has 0 bridgehead atoms. The summed E-state index contributed by atoms with van der Waals surface area (Å²) in [4.78, 5) is 37.2. The van der Waals surface area contributed by atoms with Gasteiger partial charge in [0.15, 0.2) is 5.16 Å². The largest absolute Gasteiger partial charge is 0.355 e. The zero-order valence-electron chi connectivity index (χ0n) is 17.8. The van der Waals surface area contributed by atoms with E-state index in [9.17, 15) is 9.59 Å². The minimum Gasteiger partial charge on any atom is -0.355 e. The maximum Gasteiger partial charge on any atom is 0.230 e. The number of piperazine rings is 1. The number of amides is 2. The summed E-state index contributed by atoms with van der Waals surface area (Å²) in [6.45, 7) is 11.0. The molecule has 0 radical (unpaired) electrons. The van der Waals surface area contributed by atoms with Crippen LogP contribution in [-0.4, -0.2) is 64.7 Å². The second kappa shape index (κ2) is 11.6. The van der Waals surface area contributed by atoms with Crippen molar-refractivity contribution in [3.63, 3.8) is 0 Å². The fraction of sp³-hybridized carbons (Fsp3) is 0.700. The van der Waals surface area contributed by atoms with Crippen LogP contribution in [0, 0.1) is 5.92 Å². The summed E-state index contributed by atoms with van der Waals surface area (Å²) in [6.07, 6.45) is 2.56. The third-order valence-corrected chi connectivity index (χ3v) is 5.76. The molecule has 162 valence electrons. The van der Waals surface area contributed by atoms with Crippen LogP contribution in [0.25, 0.3) is 0 Å². The highest BCUT2D eigenvalue weighted by molar-refractivity contribution is 7.99. The van der Waals surface area contributed by atoms with Gasteiger partial charge in [-0.3, -0.25) is 9.59 Å². The topological polar surface area (TPSA) is 78.4 Å². The number of halogens is 1. The summed E-state index contributed by atoms with van der Waals surface area (Å²) in [5.41, 5.74) is 0. The van der Waals surface area contributed by atoms with E-state index in [1.165, 1.54) is 11.8 Å². The van der Waals surface area contributed by atoms with Crippen LogP contribution in [0.15, 0.2) is 11.2 Å². The molecule has 2 heterocycles. The molecule has 29 heavy (non-hydrogen) atoms. The van der Waals surface area contributed by atoms with Crippen LogP contribution in [0.1, 0.15) is 47.0 Å². The Morgan fingerprint density at radius 2 is 2.10 bits per heavy atom. The van der Waals surface area contributed by atoms with E-state index in [-0.39, 0.29) is 23.6 Å². The van der Waals surface area contributed by atoms with Crippen molar-refractivity contribution in [2.24, 2.45) is 5.92 Å². The van der Waals surface area contributed by atoms with Gasteiger partial charge in [0, 0.05) is 44.7 Å². The molecule has 2 rings (SSSR count). The first-order chi connectivity index (χ1) is 13.8. The molecule has 1 aliphatic heterocycles. The van der Waals surface area contributed by atoms with Crippen LogP contribution in [-0.2, 0) is 9.59 Å². The molecule has 1 fully saturated rings. The zero-order chi connectivity index (χ0) is 21.4. The number of thioether (sulfide) groups is 1. The molecule has 2 amide bonds. The Kier molecular flexibility index (Phi) is 9.49. The number of carbonyl (C=O) groups is 2. The van der Waals surface area contributed by atoms with Gasteiger partial charge in [-0.05, 0) is 19.3 Å². The Morgan fingerprint density at radius 3 is 2.76 bits per heavy atom. The summed E-state index contributed by atoms with van der Waals surface area (Å²) >= 11 is 7.48. The number of carbonyl (C=O) groups excluding carboxylic acids is 2. The monoisotopic (exact) mass is 441 g/mol. The van der Waals surface area contributed by atoms with Crippen LogP contribution in [0.2, 0.25) is 5.15 Å². The van der Waals surface area contributed by atoms with Crippen molar-refractivity contribution in [3.05, 3.63) is 11.2 Å². The Bertz CT molecular complexity index is 703. The maximum atomic E-state index is 12.4. The van der Waals surface area contributed by atoms with Crippen molar-refractivity contribution in [1.82, 2.24) is 20.2 Å². The summed E-state index contributed by atoms with van der Waals surface area (Å²) < 4.78 is 0. The molecule has 1 unspecified atom stereocenters. The molecular formula is C20H32ClN5O2S. The van der Waals surface area contributed by atoms with E-state index in [1.54, 1.807) is 6.07 Å². The van der Waals surface area contributed by atoms with E-state index in [4.69, 9.17) is 11.6 Å². The normalized spacial score (nSPS) is 17.0. The molecule has 9 heteroatoms. The predicted molar refractivity (Wildman–Crippen MR) is 119 cm³/mol. The van der Waals surface area contributed by atoms with Gasteiger partial charge in [-0.2, -0.15) is 0 Å². The van der Waals surface area contributed by atoms with E-state index in [0.29, 0.717) is 48.8 Å². The van der Waals surface area contributed by atoms with Gasteiger partial charge >= 0.3 is 0 Å². The number of nitrogens with one attached hydrogen (secondary N) is 1. The van der Waals surface area contributed by atoms with Gasteiger partial charge in [-0.25, -0.2) is 9.97 Å². The van der Waals surface area contributed by atoms with Gasteiger partial charge in [0.2, 0.25) is 11.8 Å². The third-order valence-electron chi connectivity index (χ3n) is 4.72. The molecule has 1 aromatic heterocycles. The van der Waals surface area contributed by atoms with Gasteiger partial charge < -0.3 is 15.1 Å². The van der Waals surface area contributed by atoms with Crippen LogP contribution in [0.5, 0.6) is 0 Å². The summed E-state index contributed by atoms with van der Waals surface area (Å²) in [6, 6.07) is 1.85. The number of nitrogens with zero attached hydrogens (tertiary/aromatic N) is 4. The molecule has 1 saturated heterocycles. The second-order valence-corrected chi connectivity index (χ2v) is 9.13. The second-order valence-electron chi connectivity index (χ2n) is 7.80. The average Bonchev–Trinajstić information content (AvgIpc) is 2.68.